The number of aliphatic hydroxyl groups excluding tert-OH is 1. The van der Waals surface area contributed by atoms with Gasteiger partial charge in [0.05, 0.1) is 10.4 Å². The van der Waals surface area contributed by atoms with Crippen LogP contribution in [0, 0.1) is 5.82 Å². The Labute approximate surface area is 101 Å². The van der Waals surface area contributed by atoms with Crippen molar-refractivity contribution in [3.8, 4) is 0 Å². The van der Waals surface area contributed by atoms with E-state index >= 15 is 0 Å². The number of carboxylic acids is 1. The van der Waals surface area contributed by atoms with E-state index in [2.05, 4.69) is 0 Å². The highest BCUT2D eigenvalue weighted by atomic mass is 32.1. The molecule has 0 saturated heterocycles. The van der Waals surface area contributed by atoms with Crippen LogP contribution in [0.2, 0.25) is 0 Å². The van der Waals surface area contributed by atoms with E-state index < -0.39 is 17.9 Å². The van der Waals surface area contributed by atoms with Crippen LogP contribution in [0.15, 0.2) is 35.7 Å². The first kappa shape index (κ1) is 11.8. The number of halogens is 1. The summed E-state index contributed by atoms with van der Waals surface area (Å²) in [5, 5.41) is 20.5. The van der Waals surface area contributed by atoms with Gasteiger partial charge in [0.1, 0.15) is 11.9 Å². The van der Waals surface area contributed by atoms with Crippen molar-refractivity contribution in [3.05, 3.63) is 57.5 Å². The van der Waals surface area contributed by atoms with Crippen LogP contribution in [0.1, 0.15) is 26.9 Å². The molecule has 0 aliphatic carbocycles. The molecular formula is C12H9FO3S. The van der Waals surface area contributed by atoms with E-state index in [4.69, 9.17) is 5.11 Å². The van der Waals surface area contributed by atoms with Crippen molar-refractivity contribution >= 4 is 17.3 Å². The predicted octanol–water partition coefficient (Wildman–Crippen LogP) is 2.67. The molecule has 0 aliphatic rings. The summed E-state index contributed by atoms with van der Waals surface area (Å²) in [5.74, 6) is -1.68. The second-order valence-electron chi connectivity index (χ2n) is 3.43. The minimum atomic E-state index is -1.25. The number of hydrogen-bond donors (Lipinski definition) is 2. The highest BCUT2D eigenvalue weighted by Gasteiger charge is 2.22. The molecule has 1 unspecified atom stereocenters. The standard InChI is InChI=1S/C12H9FO3S/c13-9-4-2-1-3-7(9)10(14)11-8(12(15)16)5-6-17-11/h1-6,10,14H,(H,15,16). The van der Waals surface area contributed by atoms with Gasteiger partial charge in [0.25, 0.3) is 0 Å². The van der Waals surface area contributed by atoms with E-state index in [-0.39, 0.29) is 16.0 Å². The summed E-state index contributed by atoms with van der Waals surface area (Å²) in [6, 6.07) is 7.16. The quantitative estimate of drug-likeness (QED) is 0.883. The zero-order chi connectivity index (χ0) is 12.4. The second kappa shape index (κ2) is 4.65. The van der Waals surface area contributed by atoms with Gasteiger partial charge in [0.2, 0.25) is 0 Å². The highest BCUT2D eigenvalue weighted by molar-refractivity contribution is 7.10. The Hall–Kier alpha value is -1.72. The molecule has 1 aromatic heterocycles. The molecule has 0 aliphatic heterocycles. The first-order valence-electron chi connectivity index (χ1n) is 4.84. The van der Waals surface area contributed by atoms with Crippen LogP contribution in [0.5, 0.6) is 0 Å². The van der Waals surface area contributed by atoms with Gasteiger partial charge in [0.15, 0.2) is 0 Å². The fourth-order valence-electron chi connectivity index (χ4n) is 1.55. The van der Waals surface area contributed by atoms with Crippen LogP contribution in [0.25, 0.3) is 0 Å². The maximum atomic E-state index is 13.5. The molecule has 3 nitrogen and oxygen atoms in total. The third kappa shape index (κ3) is 2.20. The molecule has 1 heterocycles. The minimum Gasteiger partial charge on any atom is -0.478 e. The Kier molecular flexibility index (Phi) is 3.21. The van der Waals surface area contributed by atoms with Gasteiger partial charge in [-0.25, -0.2) is 9.18 Å². The number of hydrogen-bond acceptors (Lipinski definition) is 3. The molecule has 88 valence electrons. The molecule has 0 spiro atoms. The summed E-state index contributed by atoms with van der Waals surface area (Å²) in [6.45, 7) is 0. The van der Waals surface area contributed by atoms with Gasteiger partial charge in [-0.15, -0.1) is 11.3 Å². The maximum absolute atomic E-state index is 13.5. The smallest absolute Gasteiger partial charge is 0.336 e. The van der Waals surface area contributed by atoms with Crippen molar-refractivity contribution < 1.29 is 19.4 Å². The van der Waals surface area contributed by atoms with Crippen LogP contribution >= 0.6 is 11.3 Å². The largest absolute Gasteiger partial charge is 0.478 e. The van der Waals surface area contributed by atoms with Crippen molar-refractivity contribution in [2.75, 3.05) is 0 Å². The lowest BCUT2D eigenvalue weighted by atomic mass is 10.0. The number of thiophene rings is 1. The third-order valence-corrected chi connectivity index (χ3v) is 3.34. The first-order valence-corrected chi connectivity index (χ1v) is 5.72. The lowest BCUT2D eigenvalue weighted by Gasteiger charge is -2.11. The van der Waals surface area contributed by atoms with Gasteiger partial charge >= 0.3 is 5.97 Å². The number of carbonyl (C=O) groups is 1. The highest BCUT2D eigenvalue weighted by Crippen LogP contribution is 2.30. The number of carboxylic acid groups (broad SMARTS) is 1. The molecular weight excluding hydrogens is 243 g/mol. The van der Waals surface area contributed by atoms with Crippen LogP contribution in [0.4, 0.5) is 4.39 Å². The summed E-state index contributed by atoms with van der Waals surface area (Å²) < 4.78 is 13.5. The van der Waals surface area contributed by atoms with E-state index in [1.165, 1.54) is 24.3 Å². The third-order valence-electron chi connectivity index (χ3n) is 2.37. The molecule has 0 bridgehead atoms. The lowest BCUT2D eigenvalue weighted by molar-refractivity contribution is 0.0692. The molecule has 5 heteroatoms. The first-order chi connectivity index (χ1) is 8.11. The number of aliphatic hydroxyl groups is 1. The molecule has 2 rings (SSSR count). The van der Waals surface area contributed by atoms with Crippen LogP contribution in [0.3, 0.4) is 0 Å². The van der Waals surface area contributed by atoms with Gasteiger partial charge in [-0.2, -0.15) is 0 Å². The molecule has 0 fully saturated rings. The molecule has 0 radical (unpaired) electrons. The fraction of sp³-hybridized carbons (Fsp3) is 0.0833. The zero-order valence-corrected chi connectivity index (χ0v) is 9.45. The van der Waals surface area contributed by atoms with Gasteiger partial charge in [-0.1, -0.05) is 18.2 Å². The van der Waals surface area contributed by atoms with Gasteiger partial charge in [-0.05, 0) is 17.5 Å². The maximum Gasteiger partial charge on any atom is 0.336 e. The predicted molar refractivity (Wildman–Crippen MR) is 61.7 cm³/mol. The molecule has 1 aromatic carbocycles. The van der Waals surface area contributed by atoms with Crippen molar-refractivity contribution in [1.29, 1.82) is 0 Å². The van der Waals surface area contributed by atoms with Crippen molar-refractivity contribution in [1.82, 2.24) is 0 Å². The number of aromatic carboxylic acids is 1. The molecule has 2 aromatic rings. The van der Waals surface area contributed by atoms with Crippen molar-refractivity contribution in [2.45, 2.75) is 6.10 Å². The zero-order valence-electron chi connectivity index (χ0n) is 8.63. The van der Waals surface area contributed by atoms with Crippen LogP contribution in [-0.4, -0.2) is 16.2 Å². The van der Waals surface area contributed by atoms with Gasteiger partial charge in [-0.3, -0.25) is 0 Å². The summed E-state index contributed by atoms with van der Waals surface area (Å²) in [5.41, 5.74) is 0.0863. The van der Waals surface area contributed by atoms with Gasteiger partial charge < -0.3 is 10.2 Å². The van der Waals surface area contributed by atoms with Crippen molar-refractivity contribution in [2.24, 2.45) is 0 Å². The Morgan fingerprint density at radius 2 is 2.00 bits per heavy atom. The SMILES string of the molecule is O=C(O)c1ccsc1C(O)c1ccccc1F. The summed E-state index contributed by atoms with van der Waals surface area (Å²) in [7, 11) is 0. The van der Waals surface area contributed by atoms with Crippen LogP contribution in [-0.2, 0) is 0 Å². The molecule has 17 heavy (non-hydrogen) atoms. The fourth-order valence-corrected chi connectivity index (χ4v) is 2.44. The monoisotopic (exact) mass is 252 g/mol. The minimum absolute atomic E-state index is 0.00533. The second-order valence-corrected chi connectivity index (χ2v) is 4.38. The van der Waals surface area contributed by atoms with Crippen LogP contribution < -0.4 is 0 Å². The van der Waals surface area contributed by atoms with E-state index in [0.717, 1.165) is 11.3 Å². The summed E-state index contributed by atoms with van der Waals surface area (Å²) in [4.78, 5) is 11.1. The Balaban J connectivity index is 2.44. The molecule has 1 atom stereocenters. The molecule has 2 N–H and O–H groups in total. The van der Waals surface area contributed by atoms with Gasteiger partial charge in [0, 0.05) is 5.56 Å². The normalized spacial score (nSPS) is 12.4. The average Bonchev–Trinajstić information content (AvgIpc) is 2.77. The van der Waals surface area contributed by atoms with Crippen molar-refractivity contribution in [3.63, 3.8) is 0 Å². The summed E-state index contributed by atoms with van der Waals surface area (Å²) >= 11 is 1.09. The average molecular weight is 252 g/mol. The number of rotatable bonds is 3. The molecule has 0 saturated carbocycles. The Morgan fingerprint density at radius 1 is 1.29 bits per heavy atom. The van der Waals surface area contributed by atoms with E-state index in [9.17, 15) is 14.3 Å². The van der Waals surface area contributed by atoms with E-state index in [1.807, 2.05) is 0 Å². The Bertz CT molecular complexity index is 550. The lowest BCUT2D eigenvalue weighted by Crippen LogP contribution is -2.06. The topological polar surface area (TPSA) is 57.5 Å². The molecule has 0 amide bonds. The summed E-state index contributed by atoms with van der Waals surface area (Å²) in [6.07, 6.45) is -1.25. The van der Waals surface area contributed by atoms with E-state index in [1.54, 1.807) is 11.4 Å². The number of benzene rings is 1. The Morgan fingerprint density at radius 3 is 2.65 bits per heavy atom. The van der Waals surface area contributed by atoms with E-state index in [0.29, 0.717) is 0 Å².